The maximum absolute atomic E-state index is 5.86. The number of rotatable bonds is 2. The molecule has 9 heteroatoms. The number of hydrogen-bond acceptors (Lipinski definition) is 9. The van der Waals surface area contributed by atoms with E-state index in [0.29, 0.717) is 41.6 Å². The van der Waals surface area contributed by atoms with E-state index in [2.05, 4.69) is 19.9 Å². The molecule has 0 aliphatic carbocycles. The molecule has 0 amide bonds. The third kappa shape index (κ3) is 2.53. The number of nitrogen functional groups attached to an aromatic ring is 1. The number of aromatic nitrogens is 4. The van der Waals surface area contributed by atoms with Crippen molar-refractivity contribution in [2.45, 2.75) is 0 Å². The summed E-state index contributed by atoms with van der Waals surface area (Å²) in [5, 5.41) is 0. The normalized spacial score (nSPS) is 16.2. The molecular weight excluding hydrogens is 336 g/mol. The molecular formula is C17H16N6O3. The standard InChI is InChI=1S/C17H16N6O3/c18-17-21-15-14(16(22-17)23-3-5-24-6-4-23)20-11(8-19-15)10-1-2-12-13(7-10)26-9-25-12/h1-2,7-8H,3-6,9H2,(H2,18,19,21,22). The first kappa shape index (κ1) is 15.1. The van der Waals surface area contributed by atoms with Gasteiger partial charge in [0.2, 0.25) is 12.7 Å². The first-order valence-corrected chi connectivity index (χ1v) is 8.31. The van der Waals surface area contributed by atoms with E-state index in [9.17, 15) is 0 Å². The molecule has 0 unspecified atom stereocenters. The zero-order valence-electron chi connectivity index (χ0n) is 13.9. The number of anilines is 2. The van der Waals surface area contributed by atoms with Gasteiger partial charge in [-0.2, -0.15) is 9.97 Å². The van der Waals surface area contributed by atoms with Crippen molar-refractivity contribution in [1.29, 1.82) is 0 Å². The summed E-state index contributed by atoms with van der Waals surface area (Å²) in [6.07, 6.45) is 1.68. The Morgan fingerprint density at radius 1 is 1.00 bits per heavy atom. The van der Waals surface area contributed by atoms with Crippen LogP contribution in [0.3, 0.4) is 0 Å². The molecule has 1 aromatic carbocycles. The number of morpholine rings is 1. The first-order valence-electron chi connectivity index (χ1n) is 8.31. The van der Waals surface area contributed by atoms with Gasteiger partial charge >= 0.3 is 0 Å². The van der Waals surface area contributed by atoms with Crippen molar-refractivity contribution < 1.29 is 14.2 Å². The Bertz CT molecular complexity index is 990. The molecule has 0 bridgehead atoms. The molecule has 0 saturated carbocycles. The largest absolute Gasteiger partial charge is 0.454 e. The van der Waals surface area contributed by atoms with E-state index < -0.39 is 0 Å². The highest BCUT2D eigenvalue weighted by Gasteiger charge is 2.20. The smallest absolute Gasteiger partial charge is 0.231 e. The quantitative estimate of drug-likeness (QED) is 0.728. The number of fused-ring (bicyclic) bond motifs is 2. The molecule has 4 heterocycles. The number of nitrogens with zero attached hydrogens (tertiary/aromatic N) is 5. The molecule has 5 rings (SSSR count). The van der Waals surface area contributed by atoms with Crippen LogP contribution >= 0.6 is 0 Å². The Hall–Kier alpha value is -3.20. The second-order valence-corrected chi connectivity index (χ2v) is 6.00. The molecule has 0 spiro atoms. The van der Waals surface area contributed by atoms with Gasteiger partial charge in [-0.3, -0.25) is 0 Å². The lowest BCUT2D eigenvalue weighted by Crippen LogP contribution is -2.37. The molecule has 1 fully saturated rings. The summed E-state index contributed by atoms with van der Waals surface area (Å²) in [6, 6.07) is 5.69. The van der Waals surface area contributed by atoms with Gasteiger partial charge in [0.15, 0.2) is 28.5 Å². The van der Waals surface area contributed by atoms with Crippen molar-refractivity contribution >= 4 is 22.9 Å². The Morgan fingerprint density at radius 3 is 2.73 bits per heavy atom. The molecule has 0 atom stereocenters. The van der Waals surface area contributed by atoms with E-state index >= 15 is 0 Å². The molecule has 9 nitrogen and oxygen atoms in total. The number of nitrogens with two attached hydrogens (primary N) is 1. The third-order valence-electron chi connectivity index (χ3n) is 4.38. The lowest BCUT2D eigenvalue weighted by Gasteiger charge is -2.28. The minimum atomic E-state index is 0.184. The summed E-state index contributed by atoms with van der Waals surface area (Å²) in [7, 11) is 0. The number of hydrogen-bond donors (Lipinski definition) is 1. The lowest BCUT2D eigenvalue weighted by atomic mass is 10.1. The van der Waals surface area contributed by atoms with Crippen LogP contribution in [0, 0.1) is 0 Å². The van der Waals surface area contributed by atoms with E-state index in [4.69, 9.17) is 24.9 Å². The second kappa shape index (κ2) is 5.95. The van der Waals surface area contributed by atoms with Crippen molar-refractivity contribution in [3.63, 3.8) is 0 Å². The molecule has 0 radical (unpaired) electrons. The van der Waals surface area contributed by atoms with Crippen molar-refractivity contribution in [1.82, 2.24) is 19.9 Å². The van der Waals surface area contributed by atoms with Gasteiger partial charge < -0.3 is 24.8 Å². The van der Waals surface area contributed by atoms with Gasteiger partial charge in [-0.05, 0) is 18.2 Å². The number of ether oxygens (including phenoxy) is 3. The summed E-state index contributed by atoms with van der Waals surface area (Å²) in [4.78, 5) is 19.9. The highest BCUT2D eigenvalue weighted by molar-refractivity contribution is 5.85. The zero-order valence-corrected chi connectivity index (χ0v) is 13.9. The van der Waals surface area contributed by atoms with E-state index in [0.717, 1.165) is 24.4 Å². The predicted molar refractivity (Wildman–Crippen MR) is 94.1 cm³/mol. The van der Waals surface area contributed by atoms with Gasteiger partial charge in [0, 0.05) is 18.7 Å². The molecule has 26 heavy (non-hydrogen) atoms. The number of benzene rings is 1. The van der Waals surface area contributed by atoms with Gasteiger partial charge in [0.1, 0.15) is 0 Å². The molecule has 3 aromatic rings. The monoisotopic (exact) mass is 352 g/mol. The van der Waals surface area contributed by atoms with Gasteiger partial charge in [-0.25, -0.2) is 9.97 Å². The lowest BCUT2D eigenvalue weighted by molar-refractivity contribution is 0.122. The molecule has 132 valence electrons. The van der Waals surface area contributed by atoms with Gasteiger partial charge in [-0.15, -0.1) is 0 Å². The highest BCUT2D eigenvalue weighted by atomic mass is 16.7. The molecule has 2 N–H and O–H groups in total. The van der Waals surface area contributed by atoms with Crippen LogP contribution in [0.2, 0.25) is 0 Å². The van der Waals surface area contributed by atoms with Crippen LogP contribution in [0.15, 0.2) is 24.4 Å². The van der Waals surface area contributed by atoms with E-state index in [1.807, 2.05) is 18.2 Å². The van der Waals surface area contributed by atoms with Crippen molar-refractivity contribution in [3.8, 4) is 22.8 Å². The van der Waals surface area contributed by atoms with E-state index in [1.165, 1.54) is 0 Å². The van der Waals surface area contributed by atoms with E-state index in [-0.39, 0.29) is 12.7 Å². The maximum atomic E-state index is 5.86. The molecule has 1 saturated heterocycles. The summed E-state index contributed by atoms with van der Waals surface area (Å²) >= 11 is 0. The highest BCUT2D eigenvalue weighted by Crippen LogP contribution is 2.36. The average molecular weight is 352 g/mol. The minimum absolute atomic E-state index is 0.184. The molecule has 2 aromatic heterocycles. The van der Waals surface area contributed by atoms with Gasteiger partial charge in [-0.1, -0.05) is 0 Å². The Kier molecular flexibility index (Phi) is 3.45. The zero-order chi connectivity index (χ0) is 17.5. The van der Waals surface area contributed by atoms with Crippen LogP contribution < -0.4 is 20.1 Å². The Labute approximate surface area is 148 Å². The fourth-order valence-corrected chi connectivity index (χ4v) is 3.10. The van der Waals surface area contributed by atoms with Crippen molar-refractivity contribution in [2.24, 2.45) is 0 Å². The van der Waals surface area contributed by atoms with Gasteiger partial charge in [0.25, 0.3) is 0 Å². The summed E-state index contributed by atoms with van der Waals surface area (Å²) in [6.45, 7) is 2.96. The van der Waals surface area contributed by atoms with Crippen LogP contribution in [0.1, 0.15) is 0 Å². The minimum Gasteiger partial charge on any atom is -0.454 e. The fraction of sp³-hybridized carbons (Fsp3) is 0.294. The van der Waals surface area contributed by atoms with E-state index in [1.54, 1.807) is 6.20 Å². The van der Waals surface area contributed by atoms with Crippen molar-refractivity contribution in [3.05, 3.63) is 24.4 Å². The first-order chi connectivity index (χ1) is 12.8. The van der Waals surface area contributed by atoms with Crippen LogP contribution in [0.25, 0.3) is 22.4 Å². The average Bonchev–Trinajstić information content (AvgIpc) is 3.15. The predicted octanol–water partition coefficient (Wildman–Crippen LogP) is 1.23. The Morgan fingerprint density at radius 2 is 1.85 bits per heavy atom. The fourth-order valence-electron chi connectivity index (χ4n) is 3.10. The topological polar surface area (TPSA) is 109 Å². The van der Waals surface area contributed by atoms with Crippen molar-refractivity contribution in [2.75, 3.05) is 43.7 Å². The van der Waals surface area contributed by atoms with Crippen LogP contribution in [-0.4, -0.2) is 53.0 Å². The maximum Gasteiger partial charge on any atom is 0.231 e. The SMILES string of the molecule is Nc1nc(N2CCOCC2)c2nc(-c3ccc4c(c3)OCO4)cnc2n1. The van der Waals surface area contributed by atoms with Crippen LogP contribution in [-0.2, 0) is 4.74 Å². The Balaban J connectivity index is 1.63. The summed E-state index contributed by atoms with van der Waals surface area (Å²) in [5.41, 5.74) is 8.55. The second-order valence-electron chi connectivity index (χ2n) is 6.00. The third-order valence-corrected chi connectivity index (χ3v) is 4.38. The summed E-state index contributed by atoms with van der Waals surface area (Å²) < 4.78 is 16.2. The summed E-state index contributed by atoms with van der Waals surface area (Å²) in [5.74, 6) is 2.30. The van der Waals surface area contributed by atoms with Crippen LogP contribution in [0.4, 0.5) is 11.8 Å². The van der Waals surface area contributed by atoms with Crippen LogP contribution in [0.5, 0.6) is 11.5 Å². The van der Waals surface area contributed by atoms with Gasteiger partial charge in [0.05, 0.1) is 25.1 Å². The molecule has 2 aliphatic heterocycles. The molecule has 2 aliphatic rings.